The Kier molecular flexibility index (Phi) is 11.1. The van der Waals surface area contributed by atoms with Crippen LogP contribution in [0.1, 0.15) is 64.4 Å². The van der Waals surface area contributed by atoms with Crippen LogP contribution in [0.5, 0.6) is 11.8 Å². The van der Waals surface area contributed by atoms with Crippen molar-refractivity contribution >= 4 is 46.8 Å². The standard InChI is InChI=1S/C39H40Cl2N6O6/c1-52-37-24(18-42-19-25-9-13-34(48)44-25)16-31(40)38(46-37)53-32-11-10-27-26(4-2-5-28(27)32)29-6-3-7-30(35(29)41)36(49)45-33-12-8-22(17-43-33)20-47-15-14-23(21-47)39(50)51/h2-8,12,16-17,23,25,32,42H,9-11,13-15,18-21H2,1H3,(H,44,48)(H,50,51)(H,43,45,49)/t23-,25-,32-/m0/s1. The molecule has 2 saturated heterocycles. The number of amides is 2. The van der Waals surface area contributed by atoms with Crippen LogP contribution in [0.4, 0.5) is 5.82 Å². The average Bonchev–Trinajstić information content (AvgIpc) is 3.90. The monoisotopic (exact) mass is 758 g/mol. The van der Waals surface area contributed by atoms with Gasteiger partial charge in [0, 0.05) is 56.0 Å². The number of hydrogen-bond donors (Lipinski definition) is 4. The first-order valence-electron chi connectivity index (χ1n) is 17.7. The van der Waals surface area contributed by atoms with Gasteiger partial charge < -0.3 is 30.5 Å². The number of benzene rings is 2. The van der Waals surface area contributed by atoms with Crippen LogP contribution in [-0.2, 0) is 29.1 Å². The smallest absolute Gasteiger partial charge is 0.307 e. The molecule has 3 aliphatic rings. The largest absolute Gasteiger partial charge is 0.481 e. The van der Waals surface area contributed by atoms with Crippen LogP contribution in [0.2, 0.25) is 10.0 Å². The molecule has 3 atom stereocenters. The lowest BCUT2D eigenvalue weighted by Crippen LogP contribution is -2.35. The molecule has 7 rings (SSSR count). The van der Waals surface area contributed by atoms with Gasteiger partial charge in [0.15, 0.2) is 0 Å². The molecule has 0 spiro atoms. The molecule has 2 aromatic carbocycles. The number of fused-ring (bicyclic) bond motifs is 1. The molecule has 2 aromatic heterocycles. The van der Waals surface area contributed by atoms with E-state index in [1.165, 1.54) is 0 Å². The molecule has 1 aliphatic carbocycles. The molecule has 2 fully saturated rings. The first-order chi connectivity index (χ1) is 25.7. The van der Waals surface area contributed by atoms with Crippen molar-refractivity contribution in [2.75, 3.05) is 32.1 Å². The first kappa shape index (κ1) is 36.6. The van der Waals surface area contributed by atoms with Crippen LogP contribution < -0.4 is 25.4 Å². The van der Waals surface area contributed by atoms with E-state index in [-0.39, 0.29) is 35.8 Å². The summed E-state index contributed by atoms with van der Waals surface area (Å²) in [6.07, 6.45) is 4.80. The Labute approximate surface area is 317 Å². The summed E-state index contributed by atoms with van der Waals surface area (Å²) < 4.78 is 12.0. The number of nitrogens with zero attached hydrogens (tertiary/aromatic N) is 3. The van der Waals surface area contributed by atoms with Crippen molar-refractivity contribution < 1.29 is 29.0 Å². The molecule has 0 unspecified atom stereocenters. The molecule has 14 heteroatoms. The van der Waals surface area contributed by atoms with Crippen molar-refractivity contribution in [1.82, 2.24) is 25.5 Å². The summed E-state index contributed by atoms with van der Waals surface area (Å²) in [7, 11) is 1.55. The van der Waals surface area contributed by atoms with Gasteiger partial charge in [0.05, 0.1) is 23.6 Å². The molecule has 276 valence electrons. The number of carboxylic acid groups (broad SMARTS) is 1. The zero-order valence-electron chi connectivity index (χ0n) is 29.2. The van der Waals surface area contributed by atoms with Crippen molar-refractivity contribution in [1.29, 1.82) is 0 Å². The number of anilines is 1. The van der Waals surface area contributed by atoms with Crippen molar-refractivity contribution in [3.63, 3.8) is 0 Å². The van der Waals surface area contributed by atoms with Crippen molar-refractivity contribution in [3.8, 4) is 22.9 Å². The summed E-state index contributed by atoms with van der Waals surface area (Å²) in [5, 5.41) is 19.1. The number of aromatic nitrogens is 2. The number of nitrogens with one attached hydrogen (secondary N) is 3. The number of ether oxygens (including phenoxy) is 2. The molecule has 4 aromatic rings. The quantitative estimate of drug-likeness (QED) is 0.127. The number of likely N-dealkylation sites (tertiary alicyclic amines) is 1. The Morgan fingerprint density at radius 3 is 2.60 bits per heavy atom. The third-order valence-corrected chi connectivity index (χ3v) is 10.7. The van der Waals surface area contributed by atoms with Gasteiger partial charge in [0.2, 0.25) is 17.7 Å². The van der Waals surface area contributed by atoms with E-state index in [1.807, 2.05) is 36.4 Å². The Balaban J connectivity index is 1.02. The average molecular weight is 760 g/mol. The third kappa shape index (κ3) is 8.26. The maximum absolute atomic E-state index is 13.4. The molecular weight excluding hydrogens is 719 g/mol. The second kappa shape index (κ2) is 16.1. The molecule has 0 radical (unpaired) electrons. The minimum atomic E-state index is -0.762. The predicted molar refractivity (Wildman–Crippen MR) is 200 cm³/mol. The number of rotatable bonds is 13. The van der Waals surface area contributed by atoms with Crippen LogP contribution in [0.25, 0.3) is 11.1 Å². The summed E-state index contributed by atoms with van der Waals surface area (Å²) in [5.74, 6) is -0.336. The number of pyridine rings is 2. The van der Waals surface area contributed by atoms with E-state index in [0.717, 1.165) is 52.8 Å². The highest BCUT2D eigenvalue weighted by molar-refractivity contribution is 6.37. The van der Waals surface area contributed by atoms with E-state index in [4.69, 9.17) is 32.7 Å². The SMILES string of the molecule is COc1nc(O[C@H]2CCc3c(-c4cccc(C(=O)Nc5ccc(CN6CC[C@H](C(=O)O)C6)cn5)c4Cl)cccc32)c(Cl)cc1CNC[C@@H]1CCC(=O)N1. The normalized spacial score (nSPS) is 19.5. The van der Waals surface area contributed by atoms with E-state index in [1.54, 1.807) is 31.5 Å². The summed E-state index contributed by atoms with van der Waals surface area (Å²) in [4.78, 5) is 47.4. The molecule has 2 amide bonds. The number of carbonyl (C=O) groups is 3. The van der Waals surface area contributed by atoms with Crippen molar-refractivity contribution in [2.45, 2.75) is 57.3 Å². The van der Waals surface area contributed by atoms with Gasteiger partial charge in [-0.25, -0.2) is 4.98 Å². The molecule has 0 bridgehead atoms. The topological polar surface area (TPSA) is 155 Å². The number of carbonyl (C=O) groups excluding carboxylic acids is 2. The minimum Gasteiger partial charge on any atom is -0.481 e. The van der Waals surface area contributed by atoms with Crippen LogP contribution in [0.3, 0.4) is 0 Å². The van der Waals surface area contributed by atoms with Gasteiger partial charge in [-0.1, -0.05) is 59.6 Å². The maximum atomic E-state index is 13.4. The van der Waals surface area contributed by atoms with Gasteiger partial charge in [-0.05, 0) is 72.7 Å². The van der Waals surface area contributed by atoms with Crippen LogP contribution in [-0.4, -0.2) is 70.5 Å². The molecular formula is C39H40Cl2N6O6. The van der Waals surface area contributed by atoms with Crippen LogP contribution in [0.15, 0.2) is 60.8 Å². The van der Waals surface area contributed by atoms with E-state index in [9.17, 15) is 19.5 Å². The van der Waals surface area contributed by atoms with Crippen LogP contribution >= 0.6 is 23.2 Å². The fourth-order valence-corrected chi connectivity index (χ4v) is 7.88. The molecule has 2 aliphatic heterocycles. The van der Waals surface area contributed by atoms with Crippen LogP contribution in [0, 0.1) is 5.92 Å². The highest BCUT2D eigenvalue weighted by Crippen LogP contribution is 2.43. The van der Waals surface area contributed by atoms with Gasteiger partial charge >= 0.3 is 5.97 Å². The molecule has 4 N–H and O–H groups in total. The zero-order valence-corrected chi connectivity index (χ0v) is 30.7. The van der Waals surface area contributed by atoms with Gasteiger partial charge in [-0.2, -0.15) is 4.98 Å². The van der Waals surface area contributed by atoms with E-state index in [2.05, 4.69) is 30.8 Å². The van der Waals surface area contributed by atoms with E-state index >= 15 is 0 Å². The van der Waals surface area contributed by atoms with E-state index in [0.29, 0.717) is 72.7 Å². The lowest BCUT2D eigenvalue weighted by molar-refractivity contribution is -0.141. The molecule has 12 nitrogen and oxygen atoms in total. The second-order valence-electron chi connectivity index (χ2n) is 13.6. The molecule has 53 heavy (non-hydrogen) atoms. The maximum Gasteiger partial charge on any atom is 0.307 e. The third-order valence-electron chi connectivity index (χ3n) is 10.1. The highest BCUT2D eigenvalue weighted by atomic mass is 35.5. The number of hydrogen-bond acceptors (Lipinski definition) is 9. The lowest BCUT2D eigenvalue weighted by Gasteiger charge is -2.18. The minimum absolute atomic E-state index is 0.0757. The van der Waals surface area contributed by atoms with Crippen molar-refractivity contribution in [3.05, 3.63) is 98.7 Å². The first-order valence-corrected chi connectivity index (χ1v) is 18.4. The lowest BCUT2D eigenvalue weighted by atomic mass is 9.95. The van der Waals surface area contributed by atoms with Gasteiger partial charge in [0.25, 0.3) is 5.91 Å². The van der Waals surface area contributed by atoms with Gasteiger partial charge in [0.1, 0.15) is 16.9 Å². The van der Waals surface area contributed by atoms with Gasteiger partial charge in [-0.15, -0.1) is 0 Å². The predicted octanol–water partition coefficient (Wildman–Crippen LogP) is 6.05. The summed E-state index contributed by atoms with van der Waals surface area (Å²) in [6, 6.07) is 16.9. The highest BCUT2D eigenvalue weighted by Gasteiger charge is 2.30. The molecule has 0 saturated carbocycles. The molecule has 4 heterocycles. The fraction of sp³-hybridized carbons (Fsp3) is 0.359. The number of halogens is 2. The number of aliphatic carboxylic acids is 1. The Morgan fingerprint density at radius 1 is 1.04 bits per heavy atom. The van der Waals surface area contributed by atoms with Crippen molar-refractivity contribution in [2.24, 2.45) is 5.92 Å². The van der Waals surface area contributed by atoms with Gasteiger partial charge in [-0.3, -0.25) is 19.3 Å². The summed E-state index contributed by atoms with van der Waals surface area (Å²) in [6.45, 7) is 2.93. The summed E-state index contributed by atoms with van der Waals surface area (Å²) >= 11 is 13.6. The Morgan fingerprint density at radius 2 is 1.87 bits per heavy atom. The summed E-state index contributed by atoms with van der Waals surface area (Å²) in [5.41, 5.74) is 5.75. The second-order valence-corrected chi connectivity index (χ2v) is 14.4. The number of carboxylic acids is 1. The zero-order chi connectivity index (χ0) is 37.1. The fourth-order valence-electron chi connectivity index (χ4n) is 7.34. The number of methoxy groups -OCH3 is 1. The Bertz CT molecular complexity index is 2030. The van der Waals surface area contributed by atoms with E-state index < -0.39 is 5.97 Å². The Hall–Kier alpha value is -4.75.